The third kappa shape index (κ3) is 1.62. The molecule has 100 valence electrons. The topological polar surface area (TPSA) is 49.8 Å². The average molecular weight is 265 g/mol. The van der Waals surface area contributed by atoms with Gasteiger partial charge < -0.3 is 10.3 Å². The van der Waals surface area contributed by atoms with Crippen LogP contribution in [0.15, 0.2) is 53.3 Å². The molecular formula is C16H15N3O. The molecule has 20 heavy (non-hydrogen) atoms. The number of aromatic amines is 1. The number of rotatable bonds is 1. The molecule has 1 atom stereocenters. The second kappa shape index (κ2) is 4.35. The Balaban J connectivity index is 2.03. The average Bonchev–Trinajstić information content (AvgIpc) is 2.69. The Morgan fingerprint density at radius 1 is 1.05 bits per heavy atom. The molecule has 4 heteroatoms. The Morgan fingerprint density at radius 2 is 1.90 bits per heavy atom. The van der Waals surface area contributed by atoms with E-state index in [-0.39, 0.29) is 11.7 Å². The molecule has 0 saturated carbocycles. The molecule has 1 aliphatic rings. The summed E-state index contributed by atoms with van der Waals surface area (Å²) in [7, 11) is 0. The maximum atomic E-state index is 12.4. The first-order valence-corrected chi connectivity index (χ1v) is 6.82. The zero-order valence-corrected chi connectivity index (χ0v) is 11.0. The monoisotopic (exact) mass is 265 g/mol. The highest BCUT2D eigenvalue weighted by atomic mass is 16.1. The van der Waals surface area contributed by atoms with Crippen molar-refractivity contribution in [2.75, 3.05) is 6.54 Å². The molecule has 0 aliphatic carbocycles. The van der Waals surface area contributed by atoms with E-state index in [1.54, 1.807) is 0 Å². The van der Waals surface area contributed by atoms with Crippen molar-refractivity contribution in [3.8, 4) is 0 Å². The Bertz CT molecular complexity index is 817. The minimum absolute atomic E-state index is 0.0288. The summed E-state index contributed by atoms with van der Waals surface area (Å²) in [4.78, 5) is 15.3. The molecule has 4 nitrogen and oxygen atoms in total. The molecule has 2 N–H and O–H groups in total. The van der Waals surface area contributed by atoms with Gasteiger partial charge in [-0.2, -0.15) is 0 Å². The van der Waals surface area contributed by atoms with Gasteiger partial charge >= 0.3 is 5.69 Å². The van der Waals surface area contributed by atoms with Gasteiger partial charge in [-0.15, -0.1) is 0 Å². The van der Waals surface area contributed by atoms with Crippen LogP contribution in [-0.2, 0) is 6.54 Å². The first-order valence-electron chi connectivity index (χ1n) is 6.82. The maximum absolute atomic E-state index is 12.4. The zero-order valence-electron chi connectivity index (χ0n) is 11.0. The number of imidazole rings is 1. The van der Waals surface area contributed by atoms with Crippen LogP contribution in [0.1, 0.15) is 17.2 Å². The molecule has 1 aromatic heterocycles. The molecule has 2 heterocycles. The molecule has 0 unspecified atom stereocenters. The summed E-state index contributed by atoms with van der Waals surface area (Å²) in [5.41, 5.74) is 4.22. The largest absolute Gasteiger partial charge is 0.327 e. The molecule has 0 amide bonds. The fourth-order valence-corrected chi connectivity index (χ4v) is 3.07. The first-order chi connectivity index (χ1) is 9.84. The lowest BCUT2D eigenvalue weighted by atomic mass is 10.1. The quantitative estimate of drug-likeness (QED) is 0.707. The smallest absolute Gasteiger partial charge is 0.310 e. The number of hydrogen-bond donors (Lipinski definition) is 2. The fourth-order valence-electron chi connectivity index (χ4n) is 3.07. The lowest BCUT2D eigenvalue weighted by molar-refractivity contribution is 0.537. The van der Waals surface area contributed by atoms with Crippen LogP contribution < -0.4 is 11.0 Å². The van der Waals surface area contributed by atoms with E-state index >= 15 is 0 Å². The van der Waals surface area contributed by atoms with Gasteiger partial charge in [0.25, 0.3) is 0 Å². The molecule has 0 bridgehead atoms. The van der Waals surface area contributed by atoms with Crippen LogP contribution in [0.5, 0.6) is 0 Å². The molecule has 0 saturated heterocycles. The third-order valence-corrected chi connectivity index (χ3v) is 3.97. The van der Waals surface area contributed by atoms with Crippen LogP contribution in [0.3, 0.4) is 0 Å². The number of nitrogens with zero attached hydrogens (tertiary/aromatic N) is 1. The van der Waals surface area contributed by atoms with Crippen molar-refractivity contribution in [2.24, 2.45) is 0 Å². The number of nitrogens with one attached hydrogen (secondary N) is 2. The second-order valence-electron chi connectivity index (χ2n) is 5.17. The van der Waals surface area contributed by atoms with E-state index < -0.39 is 0 Å². The molecule has 0 fully saturated rings. The first kappa shape index (κ1) is 11.5. The van der Waals surface area contributed by atoms with E-state index in [4.69, 9.17) is 0 Å². The molecule has 0 spiro atoms. The highest BCUT2D eigenvalue weighted by Gasteiger charge is 2.23. The summed E-state index contributed by atoms with van der Waals surface area (Å²) < 4.78 is 1.89. The number of benzene rings is 2. The Labute approximate surface area is 116 Å². The lowest BCUT2D eigenvalue weighted by Gasteiger charge is -2.17. The summed E-state index contributed by atoms with van der Waals surface area (Å²) in [5.74, 6) is 0. The van der Waals surface area contributed by atoms with Gasteiger partial charge in [-0.25, -0.2) is 4.79 Å². The van der Waals surface area contributed by atoms with Gasteiger partial charge in [-0.05, 0) is 17.2 Å². The number of para-hydroxylation sites is 1. The van der Waals surface area contributed by atoms with Crippen LogP contribution in [0, 0.1) is 0 Å². The summed E-state index contributed by atoms with van der Waals surface area (Å²) in [5, 5.41) is 3.44. The van der Waals surface area contributed by atoms with Gasteiger partial charge in [0, 0.05) is 13.1 Å². The van der Waals surface area contributed by atoms with Crippen molar-refractivity contribution in [3.63, 3.8) is 0 Å². The second-order valence-corrected chi connectivity index (χ2v) is 5.17. The highest BCUT2D eigenvalue weighted by molar-refractivity contribution is 5.79. The normalized spacial score (nSPS) is 18.1. The van der Waals surface area contributed by atoms with E-state index in [1.165, 1.54) is 5.56 Å². The minimum atomic E-state index is -0.0370. The predicted molar refractivity (Wildman–Crippen MR) is 78.8 cm³/mol. The molecule has 0 radical (unpaired) electrons. The van der Waals surface area contributed by atoms with Crippen LogP contribution >= 0.6 is 0 Å². The Hall–Kier alpha value is -2.33. The maximum Gasteiger partial charge on any atom is 0.327 e. The van der Waals surface area contributed by atoms with Gasteiger partial charge in [0.05, 0.1) is 17.1 Å². The van der Waals surface area contributed by atoms with Crippen LogP contribution in [0.25, 0.3) is 11.0 Å². The summed E-state index contributed by atoms with van der Waals surface area (Å²) in [6, 6.07) is 16.2. The Kier molecular flexibility index (Phi) is 2.50. The SMILES string of the molecule is O=c1[nH]c2cccc3c2n1[C@@H](c1ccccc1)CNC3. The van der Waals surface area contributed by atoms with Crippen molar-refractivity contribution >= 4 is 11.0 Å². The van der Waals surface area contributed by atoms with Crippen molar-refractivity contribution in [3.05, 3.63) is 70.1 Å². The fraction of sp³-hybridized carbons (Fsp3) is 0.188. The van der Waals surface area contributed by atoms with Crippen LogP contribution in [0.2, 0.25) is 0 Å². The van der Waals surface area contributed by atoms with Gasteiger partial charge in [0.1, 0.15) is 0 Å². The molecule has 4 rings (SSSR count). The van der Waals surface area contributed by atoms with Crippen molar-refractivity contribution in [1.29, 1.82) is 0 Å². The van der Waals surface area contributed by atoms with Gasteiger partial charge in [0.15, 0.2) is 0 Å². The third-order valence-electron chi connectivity index (χ3n) is 3.97. The molecule has 1 aliphatic heterocycles. The van der Waals surface area contributed by atoms with Crippen molar-refractivity contribution in [1.82, 2.24) is 14.9 Å². The van der Waals surface area contributed by atoms with Gasteiger partial charge in [-0.3, -0.25) is 4.57 Å². The predicted octanol–water partition coefficient (Wildman–Crippen LogP) is 2.02. The van der Waals surface area contributed by atoms with Gasteiger partial charge in [-0.1, -0.05) is 42.5 Å². The van der Waals surface area contributed by atoms with Crippen molar-refractivity contribution in [2.45, 2.75) is 12.6 Å². The van der Waals surface area contributed by atoms with E-state index in [0.29, 0.717) is 0 Å². The number of hydrogen-bond acceptors (Lipinski definition) is 2. The number of aromatic nitrogens is 2. The summed E-state index contributed by atoms with van der Waals surface area (Å²) in [6.07, 6.45) is 0. The lowest BCUT2D eigenvalue weighted by Crippen LogP contribution is -2.29. The van der Waals surface area contributed by atoms with Crippen molar-refractivity contribution < 1.29 is 0 Å². The molecule has 3 aromatic rings. The standard InChI is InChI=1S/C16H15N3O/c20-16-18-13-8-4-7-12-9-17-10-14(19(16)15(12)13)11-5-2-1-3-6-11/h1-8,14,17H,9-10H2,(H,18,20)/t14-/m1/s1. The van der Waals surface area contributed by atoms with E-state index in [2.05, 4.69) is 28.5 Å². The Morgan fingerprint density at radius 3 is 2.75 bits per heavy atom. The van der Waals surface area contributed by atoms with Gasteiger partial charge in [0.2, 0.25) is 0 Å². The number of H-pyrrole nitrogens is 1. The summed E-state index contributed by atoms with van der Waals surface area (Å²) in [6.45, 7) is 1.55. The molecular weight excluding hydrogens is 250 g/mol. The van der Waals surface area contributed by atoms with E-state index in [9.17, 15) is 4.79 Å². The summed E-state index contributed by atoms with van der Waals surface area (Å²) >= 11 is 0. The highest BCUT2D eigenvalue weighted by Crippen LogP contribution is 2.26. The zero-order chi connectivity index (χ0) is 13.5. The van der Waals surface area contributed by atoms with Crippen LogP contribution in [-0.4, -0.2) is 16.1 Å². The van der Waals surface area contributed by atoms with E-state index in [1.807, 2.05) is 34.9 Å². The van der Waals surface area contributed by atoms with E-state index in [0.717, 1.165) is 29.7 Å². The minimum Gasteiger partial charge on any atom is -0.310 e. The van der Waals surface area contributed by atoms with Crippen LogP contribution in [0.4, 0.5) is 0 Å². The molecule has 2 aromatic carbocycles.